The molecule has 3 rings (SSSR count). The molecule has 0 aromatic heterocycles. The molecule has 0 radical (unpaired) electrons. The van der Waals surface area contributed by atoms with Crippen molar-refractivity contribution in [2.75, 3.05) is 5.75 Å². The number of phenolic OH excluding ortho intramolecular Hbond substituents is 1. The highest BCUT2D eigenvalue weighted by Gasteiger charge is 2.39. The molecule has 3 aromatic rings. The topological polar surface area (TPSA) is 37.3 Å². The Kier molecular flexibility index (Phi) is 7.50. The lowest BCUT2D eigenvalue weighted by molar-refractivity contribution is -0.105. The van der Waals surface area contributed by atoms with Crippen molar-refractivity contribution in [2.45, 2.75) is 57.1 Å². The monoisotopic (exact) mass is 524 g/mol. The van der Waals surface area contributed by atoms with Crippen LogP contribution in [-0.2, 0) is 20.4 Å². The van der Waals surface area contributed by atoms with Gasteiger partial charge in [-0.3, -0.25) is 0 Å². The third-order valence-corrected chi connectivity index (χ3v) is 7.85. The van der Waals surface area contributed by atoms with E-state index in [1.54, 1.807) is 11.8 Å². The van der Waals surface area contributed by atoms with Gasteiger partial charge in [-0.15, -0.1) is 11.8 Å². The van der Waals surface area contributed by atoms with E-state index in [0.717, 1.165) is 38.6 Å². The minimum Gasteiger partial charge on any atom is -0.507 e. The van der Waals surface area contributed by atoms with Gasteiger partial charge >= 0.3 is 0 Å². The first kappa shape index (κ1) is 25.6. The summed E-state index contributed by atoms with van der Waals surface area (Å²) in [6, 6.07) is 22.9. The summed E-state index contributed by atoms with van der Waals surface area (Å²) in [5, 5.41) is 11.3. The Morgan fingerprint density at radius 3 is 1.82 bits per heavy atom. The average molecular weight is 526 g/mol. The van der Waals surface area contributed by atoms with E-state index in [2.05, 4.69) is 93.9 Å². The fourth-order valence-corrected chi connectivity index (χ4v) is 5.87. The molecular formula is C29H33BrO2S. The van der Waals surface area contributed by atoms with Gasteiger partial charge in [-0.2, -0.15) is 0 Å². The number of thioether (sulfide) groups is 1. The van der Waals surface area contributed by atoms with Gasteiger partial charge in [0.1, 0.15) is 12.0 Å². The van der Waals surface area contributed by atoms with E-state index in [1.165, 1.54) is 0 Å². The van der Waals surface area contributed by atoms with Crippen LogP contribution in [0, 0.1) is 0 Å². The van der Waals surface area contributed by atoms with Crippen LogP contribution in [0.15, 0.2) is 71.2 Å². The van der Waals surface area contributed by atoms with Crippen LogP contribution in [0.5, 0.6) is 5.75 Å². The maximum Gasteiger partial charge on any atom is 0.129 e. The number of halogens is 1. The van der Waals surface area contributed by atoms with E-state index in [-0.39, 0.29) is 10.8 Å². The number of benzene rings is 3. The largest absolute Gasteiger partial charge is 0.507 e. The summed E-state index contributed by atoms with van der Waals surface area (Å²) in [7, 11) is 0. The number of rotatable bonds is 6. The van der Waals surface area contributed by atoms with Crippen molar-refractivity contribution in [2.24, 2.45) is 0 Å². The first-order chi connectivity index (χ1) is 15.4. The van der Waals surface area contributed by atoms with Crippen LogP contribution >= 0.6 is 27.7 Å². The van der Waals surface area contributed by atoms with Gasteiger partial charge in [0, 0.05) is 4.47 Å². The Morgan fingerprint density at radius 1 is 0.788 bits per heavy atom. The number of hydrogen-bond donors (Lipinski definition) is 1. The summed E-state index contributed by atoms with van der Waals surface area (Å²) in [6.45, 7) is 12.8. The third-order valence-electron chi connectivity index (χ3n) is 5.91. The molecule has 0 heterocycles. The van der Waals surface area contributed by atoms with E-state index in [0.29, 0.717) is 11.5 Å². The predicted octanol–water partition coefficient (Wildman–Crippen LogP) is 7.97. The Balaban J connectivity index is 2.51. The minimum absolute atomic E-state index is 0.255. The van der Waals surface area contributed by atoms with E-state index in [1.807, 2.05) is 30.3 Å². The molecule has 0 aliphatic carbocycles. The van der Waals surface area contributed by atoms with Crippen LogP contribution in [0.4, 0.5) is 0 Å². The van der Waals surface area contributed by atoms with Crippen LogP contribution < -0.4 is 0 Å². The molecule has 1 N–H and O–H groups in total. The lowest BCUT2D eigenvalue weighted by Gasteiger charge is -2.38. The molecular weight excluding hydrogens is 492 g/mol. The Bertz CT molecular complexity index is 1090. The van der Waals surface area contributed by atoms with Gasteiger partial charge in [-0.1, -0.05) is 99.9 Å². The van der Waals surface area contributed by atoms with Gasteiger partial charge in [-0.05, 0) is 62.9 Å². The van der Waals surface area contributed by atoms with Crippen molar-refractivity contribution in [1.29, 1.82) is 0 Å². The first-order valence-corrected chi connectivity index (χ1v) is 13.0. The highest BCUT2D eigenvalue weighted by molar-refractivity contribution is 9.10. The normalized spacial score (nSPS) is 14.0. The van der Waals surface area contributed by atoms with Gasteiger partial charge < -0.3 is 9.90 Å². The lowest BCUT2D eigenvalue weighted by atomic mass is 9.74. The molecule has 3 aromatic carbocycles. The summed E-state index contributed by atoms with van der Waals surface area (Å²) in [5.41, 5.74) is 4.55. The molecule has 2 nitrogen and oxygen atoms in total. The molecule has 0 bridgehead atoms. The Hall–Kier alpha value is -2.04. The number of carbonyl (C=O) groups excluding carboxylic acids is 1. The van der Waals surface area contributed by atoms with E-state index in [9.17, 15) is 9.90 Å². The zero-order valence-corrected chi connectivity index (χ0v) is 22.7. The molecule has 0 fully saturated rings. The van der Waals surface area contributed by atoms with Gasteiger partial charge in [-0.25, -0.2) is 0 Å². The van der Waals surface area contributed by atoms with Gasteiger partial charge in [0.15, 0.2) is 0 Å². The standard InChI is InChI=1S/C29H33BrO2S/c1-27(2,3)24-18-22(19-25(26(24)32)28(4,5)6)29(33-16-15-31,20-11-8-7-9-12-20)21-13-10-14-23(30)17-21/h7-15,17-19,32H,16H2,1-6H3. The average Bonchev–Trinajstić information content (AvgIpc) is 2.74. The van der Waals surface area contributed by atoms with E-state index in [4.69, 9.17) is 0 Å². The predicted molar refractivity (Wildman–Crippen MR) is 144 cm³/mol. The van der Waals surface area contributed by atoms with Crippen LogP contribution in [0.3, 0.4) is 0 Å². The van der Waals surface area contributed by atoms with Gasteiger partial charge in [0.05, 0.1) is 10.5 Å². The van der Waals surface area contributed by atoms with Gasteiger partial charge in [0.2, 0.25) is 0 Å². The van der Waals surface area contributed by atoms with Crippen molar-refractivity contribution in [1.82, 2.24) is 0 Å². The SMILES string of the molecule is CC(C)(C)c1cc(C(SCC=O)(c2ccccc2)c2cccc(Br)c2)cc(C(C)(C)C)c1O. The van der Waals surface area contributed by atoms with Gasteiger partial charge in [0.25, 0.3) is 0 Å². The molecule has 33 heavy (non-hydrogen) atoms. The Labute approximate surface area is 211 Å². The summed E-state index contributed by atoms with van der Waals surface area (Å²) < 4.78 is 0.359. The number of phenols is 1. The third kappa shape index (κ3) is 5.22. The molecule has 0 aliphatic rings. The molecule has 1 unspecified atom stereocenters. The van der Waals surface area contributed by atoms with Crippen molar-refractivity contribution < 1.29 is 9.90 Å². The second kappa shape index (κ2) is 9.68. The Morgan fingerprint density at radius 2 is 1.33 bits per heavy atom. The molecule has 1 atom stereocenters. The molecule has 0 saturated carbocycles. The fraction of sp³-hybridized carbons (Fsp3) is 0.345. The summed E-state index contributed by atoms with van der Waals surface area (Å²) >= 11 is 5.26. The zero-order chi connectivity index (χ0) is 24.4. The van der Waals surface area contributed by atoms with Crippen molar-refractivity contribution in [3.05, 3.63) is 99.0 Å². The van der Waals surface area contributed by atoms with Crippen LogP contribution in [0.1, 0.15) is 69.4 Å². The van der Waals surface area contributed by atoms with Crippen LogP contribution in [-0.4, -0.2) is 17.1 Å². The summed E-state index contributed by atoms with van der Waals surface area (Å²) in [6.07, 6.45) is 0.968. The fourth-order valence-electron chi connectivity index (χ4n) is 4.27. The second-order valence-corrected chi connectivity index (χ2v) is 12.6. The zero-order valence-electron chi connectivity index (χ0n) is 20.3. The molecule has 0 spiro atoms. The van der Waals surface area contributed by atoms with Crippen molar-refractivity contribution in [3.63, 3.8) is 0 Å². The molecule has 0 amide bonds. The second-order valence-electron chi connectivity index (χ2n) is 10.5. The van der Waals surface area contributed by atoms with E-state index < -0.39 is 4.75 Å². The number of carbonyl (C=O) groups is 1. The number of aldehydes is 1. The molecule has 0 saturated heterocycles. The van der Waals surface area contributed by atoms with Crippen LogP contribution in [0.25, 0.3) is 0 Å². The maximum absolute atomic E-state index is 11.6. The molecule has 174 valence electrons. The summed E-state index contributed by atoms with van der Waals surface area (Å²) in [5.74, 6) is 0.702. The van der Waals surface area contributed by atoms with Crippen molar-refractivity contribution in [3.8, 4) is 5.75 Å². The van der Waals surface area contributed by atoms with Crippen molar-refractivity contribution >= 4 is 34.0 Å². The summed E-state index contributed by atoms with van der Waals surface area (Å²) in [4.78, 5) is 11.6. The minimum atomic E-state index is -0.625. The molecule has 0 aliphatic heterocycles. The smallest absolute Gasteiger partial charge is 0.129 e. The van der Waals surface area contributed by atoms with E-state index >= 15 is 0 Å². The highest BCUT2D eigenvalue weighted by Crippen LogP contribution is 2.52. The molecule has 4 heteroatoms. The quantitative estimate of drug-likeness (QED) is 0.262. The maximum atomic E-state index is 11.6. The highest BCUT2D eigenvalue weighted by atomic mass is 79.9. The first-order valence-electron chi connectivity index (χ1n) is 11.2. The number of aromatic hydroxyl groups is 1. The lowest BCUT2D eigenvalue weighted by Crippen LogP contribution is -2.28. The van der Waals surface area contributed by atoms with Crippen LogP contribution in [0.2, 0.25) is 0 Å². The number of hydrogen-bond acceptors (Lipinski definition) is 3.